The summed E-state index contributed by atoms with van der Waals surface area (Å²) >= 11 is 5.81. The molecule has 0 radical (unpaired) electrons. The summed E-state index contributed by atoms with van der Waals surface area (Å²) in [4.78, 5) is 13.0. The molecule has 2 heterocycles. The zero-order valence-electron chi connectivity index (χ0n) is 15.7. The Hall–Kier alpha value is -1.61. The van der Waals surface area contributed by atoms with Crippen molar-refractivity contribution in [2.75, 3.05) is 19.7 Å². The van der Waals surface area contributed by atoms with E-state index >= 15 is 0 Å². The van der Waals surface area contributed by atoms with Crippen LogP contribution in [0.3, 0.4) is 0 Å². The van der Waals surface area contributed by atoms with Gasteiger partial charge in [-0.05, 0) is 37.5 Å². The van der Waals surface area contributed by atoms with Crippen LogP contribution in [0.5, 0.6) is 5.88 Å². The third kappa shape index (κ3) is 8.75. The van der Waals surface area contributed by atoms with E-state index in [1.165, 1.54) is 0 Å². The Morgan fingerprint density at radius 1 is 1.19 bits per heavy atom. The van der Waals surface area contributed by atoms with Crippen LogP contribution >= 0.6 is 35.6 Å². The van der Waals surface area contributed by atoms with E-state index in [1.807, 2.05) is 25.1 Å². The minimum absolute atomic E-state index is 0. The Morgan fingerprint density at radius 3 is 2.74 bits per heavy atom. The smallest absolute Gasteiger partial charge is 0.218 e. The SMILES string of the molecule is CCCOc1ncccc1CN=C(NCC)NCCc1ccc(Cl)nc1.I. The van der Waals surface area contributed by atoms with E-state index in [-0.39, 0.29) is 24.0 Å². The largest absolute Gasteiger partial charge is 0.477 e. The van der Waals surface area contributed by atoms with Gasteiger partial charge in [-0.15, -0.1) is 24.0 Å². The summed E-state index contributed by atoms with van der Waals surface area (Å²) in [5.41, 5.74) is 2.10. The molecule has 0 bridgehead atoms. The third-order valence-electron chi connectivity index (χ3n) is 3.54. The Balaban J connectivity index is 0.00000364. The highest BCUT2D eigenvalue weighted by Crippen LogP contribution is 2.15. The van der Waals surface area contributed by atoms with Crippen LogP contribution in [0.2, 0.25) is 5.15 Å². The van der Waals surface area contributed by atoms with Gasteiger partial charge in [0.1, 0.15) is 5.15 Å². The lowest BCUT2D eigenvalue weighted by Gasteiger charge is -2.12. The van der Waals surface area contributed by atoms with Crippen molar-refractivity contribution in [1.82, 2.24) is 20.6 Å². The normalized spacial score (nSPS) is 10.9. The van der Waals surface area contributed by atoms with Crippen LogP contribution in [0.15, 0.2) is 41.7 Å². The minimum Gasteiger partial charge on any atom is -0.477 e. The second-order valence-electron chi connectivity index (χ2n) is 5.68. The molecule has 8 heteroatoms. The minimum atomic E-state index is 0. The fourth-order valence-electron chi connectivity index (χ4n) is 2.26. The fraction of sp³-hybridized carbons (Fsp3) is 0.421. The molecule has 0 aliphatic rings. The van der Waals surface area contributed by atoms with Gasteiger partial charge in [0.25, 0.3) is 0 Å². The molecule has 0 saturated heterocycles. The summed E-state index contributed by atoms with van der Waals surface area (Å²) in [5.74, 6) is 1.42. The van der Waals surface area contributed by atoms with Gasteiger partial charge in [0.2, 0.25) is 5.88 Å². The van der Waals surface area contributed by atoms with E-state index < -0.39 is 0 Å². The number of rotatable bonds is 9. The van der Waals surface area contributed by atoms with E-state index in [1.54, 1.807) is 18.5 Å². The van der Waals surface area contributed by atoms with Gasteiger partial charge in [-0.2, -0.15) is 0 Å². The van der Waals surface area contributed by atoms with Crippen molar-refractivity contribution in [1.29, 1.82) is 0 Å². The van der Waals surface area contributed by atoms with Crippen molar-refractivity contribution in [2.45, 2.75) is 33.2 Å². The van der Waals surface area contributed by atoms with Gasteiger partial charge < -0.3 is 15.4 Å². The number of halogens is 2. The highest BCUT2D eigenvalue weighted by molar-refractivity contribution is 14.0. The van der Waals surface area contributed by atoms with Gasteiger partial charge in [-0.1, -0.05) is 30.7 Å². The number of nitrogens with one attached hydrogen (secondary N) is 2. The number of aromatic nitrogens is 2. The molecular weight excluding hydrogens is 477 g/mol. The van der Waals surface area contributed by atoms with E-state index in [9.17, 15) is 0 Å². The summed E-state index contributed by atoms with van der Waals surface area (Å²) in [6.07, 6.45) is 5.32. The predicted octanol–water partition coefficient (Wildman–Crippen LogP) is 3.83. The van der Waals surface area contributed by atoms with Crippen molar-refractivity contribution < 1.29 is 4.74 Å². The first-order valence-electron chi connectivity index (χ1n) is 8.92. The molecule has 0 spiro atoms. The zero-order valence-corrected chi connectivity index (χ0v) is 18.8. The van der Waals surface area contributed by atoms with Crippen LogP contribution in [0.1, 0.15) is 31.4 Å². The molecule has 0 unspecified atom stereocenters. The van der Waals surface area contributed by atoms with Gasteiger partial charge >= 0.3 is 0 Å². The molecule has 0 aliphatic carbocycles. The number of pyridine rings is 2. The van der Waals surface area contributed by atoms with Crippen molar-refractivity contribution in [3.63, 3.8) is 0 Å². The Bertz CT molecular complexity index is 697. The summed E-state index contributed by atoms with van der Waals surface area (Å²) in [6, 6.07) is 7.67. The van der Waals surface area contributed by atoms with E-state index in [0.717, 1.165) is 43.0 Å². The second-order valence-corrected chi connectivity index (χ2v) is 6.06. The molecule has 0 fully saturated rings. The predicted molar refractivity (Wildman–Crippen MR) is 121 cm³/mol. The number of aliphatic imine (C=N–C) groups is 1. The van der Waals surface area contributed by atoms with Crippen LogP contribution in [0, 0.1) is 0 Å². The number of hydrogen-bond acceptors (Lipinski definition) is 4. The molecule has 2 aromatic rings. The monoisotopic (exact) mass is 503 g/mol. The fourth-order valence-corrected chi connectivity index (χ4v) is 2.37. The molecule has 0 saturated carbocycles. The lowest BCUT2D eigenvalue weighted by Crippen LogP contribution is -2.38. The molecular formula is C19H27ClIN5O. The average molecular weight is 504 g/mol. The number of hydrogen-bond donors (Lipinski definition) is 2. The maximum Gasteiger partial charge on any atom is 0.218 e. The first-order valence-corrected chi connectivity index (χ1v) is 9.30. The third-order valence-corrected chi connectivity index (χ3v) is 3.76. The lowest BCUT2D eigenvalue weighted by atomic mass is 10.2. The number of guanidine groups is 1. The summed E-state index contributed by atoms with van der Waals surface area (Å²) < 4.78 is 5.69. The molecule has 0 aromatic carbocycles. The van der Waals surface area contributed by atoms with E-state index in [4.69, 9.17) is 16.3 Å². The van der Waals surface area contributed by atoms with Gasteiger partial charge in [0.05, 0.1) is 13.2 Å². The highest BCUT2D eigenvalue weighted by atomic mass is 127. The molecule has 6 nitrogen and oxygen atoms in total. The van der Waals surface area contributed by atoms with Crippen molar-refractivity contribution >= 4 is 41.5 Å². The second kappa shape index (κ2) is 13.5. The van der Waals surface area contributed by atoms with Gasteiger partial charge in [-0.3, -0.25) is 0 Å². The molecule has 148 valence electrons. The quantitative estimate of drug-likeness (QED) is 0.235. The van der Waals surface area contributed by atoms with Gasteiger partial charge in [0, 0.05) is 31.0 Å². The van der Waals surface area contributed by atoms with Crippen LogP contribution in [0.4, 0.5) is 0 Å². The maximum atomic E-state index is 5.81. The van der Waals surface area contributed by atoms with Crippen molar-refractivity contribution in [3.8, 4) is 5.88 Å². The maximum absolute atomic E-state index is 5.81. The molecule has 0 atom stereocenters. The van der Waals surface area contributed by atoms with E-state index in [0.29, 0.717) is 24.2 Å². The molecule has 0 amide bonds. The van der Waals surface area contributed by atoms with Crippen molar-refractivity contribution in [2.24, 2.45) is 4.99 Å². The van der Waals surface area contributed by atoms with Crippen molar-refractivity contribution in [3.05, 3.63) is 52.9 Å². The molecule has 2 rings (SSSR count). The van der Waals surface area contributed by atoms with Crippen LogP contribution in [0.25, 0.3) is 0 Å². The topological polar surface area (TPSA) is 71.4 Å². The van der Waals surface area contributed by atoms with E-state index in [2.05, 4.69) is 32.5 Å². The first kappa shape index (κ1) is 23.4. The molecule has 27 heavy (non-hydrogen) atoms. The molecule has 2 aromatic heterocycles. The Kier molecular flexibility index (Phi) is 11.8. The van der Waals surface area contributed by atoms with Gasteiger partial charge in [-0.25, -0.2) is 15.0 Å². The summed E-state index contributed by atoms with van der Waals surface area (Å²) in [6.45, 7) is 6.82. The molecule has 0 aliphatic heterocycles. The van der Waals surface area contributed by atoms with Crippen LogP contribution in [-0.4, -0.2) is 35.6 Å². The summed E-state index contributed by atoms with van der Waals surface area (Å²) in [5, 5.41) is 7.09. The first-order chi connectivity index (χ1) is 12.7. The zero-order chi connectivity index (χ0) is 18.6. The number of nitrogens with zero attached hydrogens (tertiary/aromatic N) is 3. The lowest BCUT2D eigenvalue weighted by molar-refractivity contribution is 0.302. The molecule has 2 N–H and O–H groups in total. The standard InChI is InChI=1S/C19H26ClN5O.HI/c1-3-12-26-18-16(6-5-10-22-18)14-25-19(21-4-2)23-11-9-15-7-8-17(20)24-13-15;/h5-8,10,13H,3-4,9,11-12,14H2,1-2H3,(H2,21,23,25);1H. The van der Waals surface area contributed by atoms with Crippen LogP contribution in [-0.2, 0) is 13.0 Å². The number of ether oxygens (including phenoxy) is 1. The van der Waals surface area contributed by atoms with Crippen LogP contribution < -0.4 is 15.4 Å². The van der Waals surface area contributed by atoms with Gasteiger partial charge in [0.15, 0.2) is 5.96 Å². The summed E-state index contributed by atoms with van der Waals surface area (Å²) in [7, 11) is 0. The average Bonchev–Trinajstić information content (AvgIpc) is 2.66. The Labute approximate surface area is 183 Å². The highest BCUT2D eigenvalue weighted by Gasteiger charge is 2.05. The Morgan fingerprint density at radius 2 is 2.04 bits per heavy atom.